The normalized spacial score (nSPS) is 24.3. The van der Waals surface area contributed by atoms with E-state index in [1.165, 1.54) is 6.07 Å². The minimum Gasteiger partial charge on any atom is -0.396 e. The lowest BCUT2D eigenvalue weighted by molar-refractivity contribution is -0.162. The molecule has 6 heteroatoms. The van der Waals surface area contributed by atoms with Crippen LogP contribution in [0, 0.1) is 23.2 Å². The number of hydrogen-bond acceptors (Lipinski definition) is 3. The average molecular weight is 236 g/mol. The van der Waals surface area contributed by atoms with Crippen LogP contribution in [0.15, 0.2) is 0 Å². The van der Waals surface area contributed by atoms with Crippen molar-refractivity contribution in [3.63, 3.8) is 0 Å². The van der Waals surface area contributed by atoms with Crippen LogP contribution in [-0.4, -0.2) is 42.4 Å². The lowest BCUT2D eigenvalue weighted by Crippen LogP contribution is -2.34. The smallest absolute Gasteiger partial charge is 0.396 e. The minimum atomic E-state index is -4.44. The van der Waals surface area contributed by atoms with Gasteiger partial charge in [0, 0.05) is 19.7 Å². The Balaban J connectivity index is 2.41. The Kier molecular flexibility index (Phi) is 4.56. The van der Waals surface area contributed by atoms with Crippen molar-refractivity contribution in [3.05, 3.63) is 0 Å². The van der Waals surface area contributed by atoms with Crippen LogP contribution in [0.3, 0.4) is 0 Å². The molecule has 0 bridgehead atoms. The van der Waals surface area contributed by atoms with Gasteiger partial charge in [-0.15, -0.1) is 0 Å². The van der Waals surface area contributed by atoms with Crippen molar-refractivity contribution in [1.29, 1.82) is 5.26 Å². The third kappa shape index (κ3) is 3.65. The molecule has 2 atom stereocenters. The van der Waals surface area contributed by atoms with Crippen LogP contribution in [0.2, 0.25) is 0 Å². The fraction of sp³-hybridized carbons (Fsp3) is 0.900. The second kappa shape index (κ2) is 5.51. The predicted molar refractivity (Wildman–Crippen MR) is 51.4 cm³/mol. The van der Waals surface area contributed by atoms with Gasteiger partial charge in [-0.3, -0.25) is 0 Å². The van der Waals surface area contributed by atoms with E-state index < -0.39 is 12.1 Å². The summed E-state index contributed by atoms with van der Waals surface area (Å²) in [6.07, 6.45) is -3.01. The van der Waals surface area contributed by atoms with Gasteiger partial charge in [0.25, 0.3) is 0 Å². The monoisotopic (exact) mass is 236 g/mol. The molecule has 3 nitrogen and oxygen atoms in total. The molecule has 1 aliphatic heterocycles. The van der Waals surface area contributed by atoms with E-state index in [0.717, 1.165) is 6.42 Å². The lowest BCUT2D eigenvalue weighted by atomic mass is 10.1. The van der Waals surface area contributed by atoms with Crippen molar-refractivity contribution in [2.75, 3.05) is 26.2 Å². The van der Waals surface area contributed by atoms with Crippen LogP contribution in [0.25, 0.3) is 0 Å². The number of hydrogen-bond donors (Lipinski definition) is 1. The van der Waals surface area contributed by atoms with E-state index in [1.54, 1.807) is 4.90 Å². The summed E-state index contributed by atoms with van der Waals surface area (Å²) < 4.78 is 37.0. The second-order valence-electron chi connectivity index (χ2n) is 4.15. The van der Waals surface area contributed by atoms with E-state index >= 15 is 0 Å². The highest BCUT2D eigenvalue weighted by atomic mass is 19.4. The Morgan fingerprint density at radius 1 is 1.50 bits per heavy atom. The van der Waals surface area contributed by atoms with Crippen molar-refractivity contribution in [1.82, 2.24) is 4.90 Å². The van der Waals surface area contributed by atoms with Gasteiger partial charge in [0.15, 0.2) is 5.92 Å². The predicted octanol–water partition coefficient (Wildman–Crippen LogP) is 1.39. The SMILES string of the molecule is N#CC(CN1CCC(CCO)C1)C(F)(F)F. The highest BCUT2D eigenvalue weighted by molar-refractivity contribution is 4.92. The van der Waals surface area contributed by atoms with Crippen molar-refractivity contribution in [2.45, 2.75) is 19.0 Å². The molecular formula is C10H15F3N2O. The van der Waals surface area contributed by atoms with Crippen LogP contribution in [0.4, 0.5) is 13.2 Å². The molecule has 1 fully saturated rings. The zero-order chi connectivity index (χ0) is 12.2. The summed E-state index contributed by atoms with van der Waals surface area (Å²) in [4.78, 5) is 1.65. The maximum absolute atomic E-state index is 12.3. The first-order chi connectivity index (χ1) is 7.47. The van der Waals surface area contributed by atoms with Crippen molar-refractivity contribution in [2.24, 2.45) is 11.8 Å². The second-order valence-corrected chi connectivity index (χ2v) is 4.15. The first kappa shape index (κ1) is 13.3. The quantitative estimate of drug-likeness (QED) is 0.802. The van der Waals surface area contributed by atoms with Gasteiger partial charge >= 0.3 is 6.18 Å². The Hall–Kier alpha value is -0.800. The van der Waals surface area contributed by atoms with Crippen LogP contribution < -0.4 is 0 Å². The summed E-state index contributed by atoms with van der Waals surface area (Å²) in [5, 5.41) is 17.2. The highest BCUT2D eigenvalue weighted by Crippen LogP contribution is 2.28. The molecule has 0 aromatic rings. The van der Waals surface area contributed by atoms with Crippen LogP contribution >= 0.6 is 0 Å². The third-order valence-electron chi connectivity index (χ3n) is 2.90. The molecule has 1 N–H and O–H groups in total. The van der Waals surface area contributed by atoms with Gasteiger partial charge in [0.05, 0.1) is 6.07 Å². The molecule has 0 aromatic heterocycles. The fourth-order valence-corrected chi connectivity index (χ4v) is 1.97. The van der Waals surface area contributed by atoms with E-state index in [-0.39, 0.29) is 19.1 Å². The molecule has 1 heterocycles. The summed E-state index contributed by atoms with van der Waals surface area (Å²) in [5.41, 5.74) is 0. The standard InChI is InChI=1S/C10H15F3N2O/c11-10(12,13)9(5-14)7-15-3-1-8(6-15)2-4-16/h8-9,16H,1-4,6-7H2. The van der Waals surface area contributed by atoms with Gasteiger partial charge in [0.2, 0.25) is 0 Å². The Morgan fingerprint density at radius 3 is 2.69 bits per heavy atom. The summed E-state index contributed by atoms with van der Waals surface area (Å²) in [7, 11) is 0. The van der Waals surface area contributed by atoms with Gasteiger partial charge in [0.1, 0.15) is 0 Å². The molecule has 1 saturated heterocycles. The molecule has 2 unspecified atom stereocenters. The van der Waals surface area contributed by atoms with Crippen LogP contribution in [0.5, 0.6) is 0 Å². The number of alkyl halides is 3. The van der Waals surface area contributed by atoms with Gasteiger partial charge in [-0.2, -0.15) is 18.4 Å². The molecule has 0 amide bonds. The molecule has 16 heavy (non-hydrogen) atoms. The number of halogens is 3. The molecule has 0 radical (unpaired) electrons. The molecular weight excluding hydrogens is 221 g/mol. The van der Waals surface area contributed by atoms with E-state index in [4.69, 9.17) is 10.4 Å². The fourth-order valence-electron chi connectivity index (χ4n) is 1.97. The molecule has 0 aromatic carbocycles. The number of nitriles is 1. The van der Waals surface area contributed by atoms with E-state index in [2.05, 4.69) is 0 Å². The van der Waals surface area contributed by atoms with E-state index in [9.17, 15) is 13.2 Å². The molecule has 0 saturated carbocycles. The number of likely N-dealkylation sites (tertiary alicyclic amines) is 1. The largest absolute Gasteiger partial charge is 0.405 e. The average Bonchev–Trinajstić information content (AvgIpc) is 2.61. The van der Waals surface area contributed by atoms with Gasteiger partial charge in [-0.1, -0.05) is 0 Å². The van der Waals surface area contributed by atoms with Gasteiger partial charge < -0.3 is 10.0 Å². The first-order valence-corrected chi connectivity index (χ1v) is 5.27. The van der Waals surface area contributed by atoms with E-state index in [0.29, 0.717) is 19.5 Å². The van der Waals surface area contributed by atoms with Crippen LogP contribution in [-0.2, 0) is 0 Å². The van der Waals surface area contributed by atoms with Crippen LogP contribution in [0.1, 0.15) is 12.8 Å². The van der Waals surface area contributed by atoms with Crippen molar-refractivity contribution < 1.29 is 18.3 Å². The molecule has 1 aliphatic rings. The highest BCUT2D eigenvalue weighted by Gasteiger charge is 2.41. The summed E-state index contributed by atoms with van der Waals surface area (Å²) in [6.45, 7) is 0.954. The summed E-state index contributed by atoms with van der Waals surface area (Å²) in [6, 6.07) is 1.30. The van der Waals surface area contributed by atoms with Crippen molar-refractivity contribution in [3.8, 4) is 6.07 Å². The maximum Gasteiger partial charge on any atom is 0.405 e. The topological polar surface area (TPSA) is 47.3 Å². The molecule has 0 spiro atoms. The lowest BCUT2D eigenvalue weighted by Gasteiger charge is -2.20. The maximum atomic E-state index is 12.3. The van der Waals surface area contributed by atoms with Crippen molar-refractivity contribution >= 4 is 0 Å². The number of aliphatic hydroxyl groups is 1. The minimum absolute atomic E-state index is 0.0689. The Bertz CT molecular complexity index is 262. The Morgan fingerprint density at radius 2 is 2.19 bits per heavy atom. The number of aliphatic hydroxyl groups excluding tert-OH is 1. The summed E-state index contributed by atoms with van der Waals surface area (Å²) >= 11 is 0. The van der Waals surface area contributed by atoms with Gasteiger partial charge in [-0.25, -0.2) is 0 Å². The summed E-state index contributed by atoms with van der Waals surface area (Å²) in [5.74, 6) is -1.64. The number of nitrogens with zero attached hydrogens (tertiary/aromatic N) is 2. The third-order valence-corrected chi connectivity index (χ3v) is 2.90. The number of rotatable bonds is 4. The first-order valence-electron chi connectivity index (χ1n) is 5.27. The zero-order valence-electron chi connectivity index (χ0n) is 8.87. The molecule has 92 valence electrons. The molecule has 1 rings (SSSR count). The van der Waals surface area contributed by atoms with E-state index in [1.807, 2.05) is 0 Å². The Labute approximate surface area is 92.5 Å². The molecule has 0 aliphatic carbocycles. The zero-order valence-corrected chi connectivity index (χ0v) is 8.87. The van der Waals surface area contributed by atoms with Gasteiger partial charge in [-0.05, 0) is 25.3 Å².